The molecule has 3 rings (SSSR count). The van der Waals surface area contributed by atoms with Gasteiger partial charge in [-0.05, 0) is 141 Å². The van der Waals surface area contributed by atoms with Gasteiger partial charge in [-0.25, -0.2) is 0 Å². The van der Waals surface area contributed by atoms with Gasteiger partial charge in [0, 0.05) is 6.10 Å². The summed E-state index contributed by atoms with van der Waals surface area (Å²) in [5.74, 6) is 2.01. The van der Waals surface area contributed by atoms with Crippen LogP contribution in [0.2, 0.25) is 54.4 Å². The van der Waals surface area contributed by atoms with E-state index in [1.807, 2.05) is 0 Å². The number of fused-ring (bicyclic) bond motifs is 1. The molecule has 3 nitrogen and oxygen atoms in total. The first-order valence-electron chi connectivity index (χ1n) is 20.3. The largest absolute Gasteiger partial charge is 0.414 e. The normalized spacial score (nSPS) is 29.8. The number of hydrogen-bond donors (Lipinski definition) is 0. The molecule has 0 heterocycles. The standard InChI is InChI=1S/C44H82O3Si3/c1-32(22-20-23-33(2)45-48(14,15)41(4,5)6)37-27-28-38-36(24-21-29-44(37,38)13)26-25-35-30-39(46-49(16,17)42(7,8)9)34(3)40(31-35)47-50(18,19)43(10,11)12/h20,22,25-26,32-33,37-40H,3,21,23-24,27-31H2,1-2,4-19H3/b22-20+,36-26+/t32-,33+,37-,38+,39-,40-,44-/m1/s1. The van der Waals surface area contributed by atoms with E-state index in [0.29, 0.717) is 17.3 Å². The second kappa shape index (κ2) is 15.7. The van der Waals surface area contributed by atoms with E-state index in [4.69, 9.17) is 13.3 Å². The zero-order chi connectivity index (χ0) is 38.3. The molecule has 50 heavy (non-hydrogen) atoms. The number of rotatable bonds is 11. The van der Waals surface area contributed by atoms with E-state index in [-0.39, 0.29) is 33.4 Å². The van der Waals surface area contributed by atoms with Crippen LogP contribution in [0.15, 0.2) is 47.6 Å². The Morgan fingerprint density at radius 1 is 0.780 bits per heavy atom. The van der Waals surface area contributed by atoms with Crippen molar-refractivity contribution in [3.63, 3.8) is 0 Å². The van der Waals surface area contributed by atoms with Crippen LogP contribution in [0.3, 0.4) is 0 Å². The zero-order valence-corrected chi connectivity index (χ0v) is 39.4. The van der Waals surface area contributed by atoms with Gasteiger partial charge < -0.3 is 13.3 Å². The highest BCUT2D eigenvalue weighted by atomic mass is 28.4. The summed E-state index contributed by atoms with van der Waals surface area (Å²) in [6, 6.07) is 0. The van der Waals surface area contributed by atoms with Crippen molar-refractivity contribution in [1.82, 2.24) is 0 Å². The van der Waals surface area contributed by atoms with Gasteiger partial charge in [-0.3, -0.25) is 0 Å². The molecule has 288 valence electrons. The number of hydrogen-bond acceptors (Lipinski definition) is 3. The molecule has 0 aliphatic heterocycles. The molecule has 0 radical (unpaired) electrons. The van der Waals surface area contributed by atoms with Crippen molar-refractivity contribution >= 4 is 25.0 Å². The van der Waals surface area contributed by atoms with E-state index in [1.54, 1.807) is 5.57 Å². The predicted octanol–water partition coefficient (Wildman–Crippen LogP) is 14.2. The highest BCUT2D eigenvalue weighted by Crippen LogP contribution is 2.59. The Morgan fingerprint density at radius 2 is 1.28 bits per heavy atom. The number of allylic oxidation sites excluding steroid dienone is 4. The van der Waals surface area contributed by atoms with E-state index in [1.165, 1.54) is 37.7 Å². The van der Waals surface area contributed by atoms with Crippen LogP contribution in [-0.4, -0.2) is 43.3 Å². The second-order valence-corrected chi connectivity index (χ2v) is 35.9. The highest BCUT2D eigenvalue weighted by molar-refractivity contribution is 6.75. The third-order valence-corrected chi connectivity index (χ3v) is 28.2. The molecule has 0 aromatic carbocycles. The molecule has 0 aromatic rings. The average molecular weight is 743 g/mol. The monoisotopic (exact) mass is 743 g/mol. The van der Waals surface area contributed by atoms with Crippen molar-refractivity contribution in [2.24, 2.45) is 23.2 Å². The Bertz CT molecular complexity index is 1230. The van der Waals surface area contributed by atoms with Crippen LogP contribution in [0, 0.1) is 23.2 Å². The fraction of sp³-hybridized carbons (Fsp3) is 0.818. The van der Waals surface area contributed by atoms with Gasteiger partial charge >= 0.3 is 0 Å². The summed E-state index contributed by atoms with van der Waals surface area (Å²) >= 11 is 0. The summed E-state index contributed by atoms with van der Waals surface area (Å²) in [6.45, 7) is 47.3. The fourth-order valence-corrected chi connectivity index (χ4v) is 12.2. The predicted molar refractivity (Wildman–Crippen MR) is 228 cm³/mol. The summed E-state index contributed by atoms with van der Waals surface area (Å²) in [5.41, 5.74) is 4.70. The molecule has 0 saturated heterocycles. The van der Waals surface area contributed by atoms with Gasteiger partial charge in [0.1, 0.15) is 0 Å². The Hall–Kier alpha value is -0.509. The Balaban J connectivity index is 1.81. The van der Waals surface area contributed by atoms with Crippen LogP contribution in [0.5, 0.6) is 0 Å². The zero-order valence-electron chi connectivity index (χ0n) is 36.4. The second-order valence-electron chi connectivity index (χ2n) is 21.6. The van der Waals surface area contributed by atoms with Crippen molar-refractivity contribution in [3.8, 4) is 0 Å². The van der Waals surface area contributed by atoms with Gasteiger partial charge in [-0.15, -0.1) is 0 Å². The molecule has 3 aliphatic rings. The van der Waals surface area contributed by atoms with E-state index in [9.17, 15) is 0 Å². The Morgan fingerprint density at radius 3 is 1.76 bits per heavy atom. The van der Waals surface area contributed by atoms with Crippen molar-refractivity contribution in [3.05, 3.63) is 47.6 Å². The van der Waals surface area contributed by atoms with Crippen LogP contribution >= 0.6 is 0 Å². The molecular weight excluding hydrogens is 661 g/mol. The maximum Gasteiger partial charge on any atom is 0.192 e. The fourth-order valence-electron chi connectivity index (χ4n) is 8.18. The van der Waals surface area contributed by atoms with Crippen molar-refractivity contribution < 1.29 is 13.3 Å². The first-order chi connectivity index (χ1) is 22.5. The average Bonchev–Trinajstić information content (AvgIpc) is 3.29. The van der Waals surface area contributed by atoms with Crippen LogP contribution < -0.4 is 0 Å². The molecule has 3 fully saturated rings. The summed E-state index contributed by atoms with van der Waals surface area (Å²) in [7, 11) is -5.71. The van der Waals surface area contributed by atoms with Crippen LogP contribution in [0.1, 0.15) is 134 Å². The first-order valence-corrected chi connectivity index (χ1v) is 29.0. The van der Waals surface area contributed by atoms with Crippen LogP contribution in [0.4, 0.5) is 0 Å². The minimum absolute atomic E-state index is 0.0270. The Labute approximate surface area is 315 Å². The van der Waals surface area contributed by atoms with Gasteiger partial charge in [-0.1, -0.05) is 118 Å². The summed E-state index contributed by atoms with van der Waals surface area (Å²) in [5, 5.41) is 0.557. The summed E-state index contributed by atoms with van der Waals surface area (Å²) in [4.78, 5) is 0. The maximum atomic E-state index is 7.12. The molecule has 3 aliphatic carbocycles. The van der Waals surface area contributed by atoms with Gasteiger partial charge in [-0.2, -0.15) is 0 Å². The summed E-state index contributed by atoms with van der Waals surface area (Å²) in [6.07, 6.45) is 19.8. The third kappa shape index (κ3) is 10.2. The smallest absolute Gasteiger partial charge is 0.192 e. The van der Waals surface area contributed by atoms with Crippen molar-refractivity contribution in [1.29, 1.82) is 0 Å². The minimum Gasteiger partial charge on any atom is -0.414 e. The molecular formula is C44H82O3Si3. The molecule has 7 atom stereocenters. The van der Waals surface area contributed by atoms with Crippen molar-refractivity contribution in [2.75, 3.05) is 0 Å². The van der Waals surface area contributed by atoms with E-state index < -0.39 is 25.0 Å². The molecule has 0 spiro atoms. The van der Waals surface area contributed by atoms with E-state index in [0.717, 1.165) is 30.8 Å². The molecule has 6 heteroatoms. The van der Waals surface area contributed by atoms with Gasteiger partial charge in [0.15, 0.2) is 25.0 Å². The third-order valence-electron chi connectivity index (χ3n) is 14.6. The molecule has 0 amide bonds. The molecule has 0 aromatic heterocycles. The van der Waals surface area contributed by atoms with E-state index >= 15 is 0 Å². The van der Waals surface area contributed by atoms with Crippen LogP contribution in [-0.2, 0) is 13.3 Å². The molecule has 0 bridgehead atoms. The lowest BCUT2D eigenvalue weighted by atomic mass is 9.61. The van der Waals surface area contributed by atoms with Gasteiger partial charge in [0.05, 0.1) is 12.2 Å². The Kier molecular flexibility index (Phi) is 13.8. The SMILES string of the molecule is C=C1[C@H](O[Si](C)(C)C(C)(C)C)CC(=C/C=C2\CCC[C@]3(C)[C@@H]([C@H](C)/C=C/C[C@H](C)O[Si](C)(C)C(C)(C)C)CC[C@@H]23)C[C@H]1O[Si](C)(C)C(C)(C)C. The highest BCUT2D eigenvalue weighted by Gasteiger charge is 2.50. The first kappa shape index (κ1) is 43.9. The van der Waals surface area contributed by atoms with E-state index in [2.05, 4.69) is 153 Å². The molecule has 0 N–H and O–H groups in total. The lowest BCUT2D eigenvalue weighted by molar-refractivity contribution is 0.112. The minimum atomic E-state index is -1.98. The summed E-state index contributed by atoms with van der Waals surface area (Å²) < 4.78 is 20.9. The lowest BCUT2D eigenvalue weighted by Gasteiger charge is -2.46. The van der Waals surface area contributed by atoms with Gasteiger partial charge in [0.25, 0.3) is 0 Å². The quantitative estimate of drug-likeness (QED) is 0.156. The van der Waals surface area contributed by atoms with Crippen LogP contribution in [0.25, 0.3) is 0 Å². The van der Waals surface area contributed by atoms with Gasteiger partial charge in [0.2, 0.25) is 0 Å². The lowest BCUT2D eigenvalue weighted by Crippen LogP contribution is -2.49. The molecule has 0 unspecified atom stereocenters. The molecule has 3 saturated carbocycles. The topological polar surface area (TPSA) is 27.7 Å². The maximum absolute atomic E-state index is 7.12. The van der Waals surface area contributed by atoms with Crippen molar-refractivity contribution in [2.45, 2.75) is 207 Å².